The number of aromatic nitrogens is 1. The number of hydrogen-bond acceptors (Lipinski definition) is 4. The van der Waals surface area contributed by atoms with Gasteiger partial charge in [-0.1, -0.05) is 12.1 Å². The van der Waals surface area contributed by atoms with Gasteiger partial charge in [-0.25, -0.2) is 4.98 Å². The Hall–Kier alpha value is -2.30. The van der Waals surface area contributed by atoms with Crippen LogP contribution in [0.1, 0.15) is 22.6 Å². The molecule has 0 bridgehead atoms. The van der Waals surface area contributed by atoms with Crippen LogP contribution in [0.3, 0.4) is 0 Å². The number of nitrogens with zero attached hydrogens (tertiary/aromatic N) is 3. The van der Waals surface area contributed by atoms with E-state index in [1.165, 1.54) is 23.2 Å². The highest BCUT2D eigenvalue weighted by Crippen LogP contribution is 2.24. The maximum absolute atomic E-state index is 12.4. The first kappa shape index (κ1) is 15.6. The molecular weight excluding hydrogens is 290 g/mol. The Morgan fingerprint density at radius 1 is 1.17 bits per heavy atom. The van der Waals surface area contributed by atoms with E-state index in [9.17, 15) is 4.79 Å². The molecule has 0 spiro atoms. The van der Waals surface area contributed by atoms with Crippen LogP contribution >= 0.6 is 0 Å². The molecular formula is C18H23N3O2. The summed E-state index contributed by atoms with van der Waals surface area (Å²) in [5, 5.41) is 0. The van der Waals surface area contributed by atoms with Crippen LogP contribution in [0, 0.1) is 20.8 Å². The van der Waals surface area contributed by atoms with Crippen LogP contribution in [0.4, 0.5) is 5.69 Å². The largest absolute Gasteiger partial charge is 0.448 e. The van der Waals surface area contributed by atoms with Gasteiger partial charge in [0.25, 0.3) is 0 Å². The molecule has 1 fully saturated rings. The maximum atomic E-state index is 12.4. The molecule has 0 radical (unpaired) electrons. The Bertz CT molecular complexity index is 700. The molecule has 0 N–H and O–H groups in total. The van der Waals surface area contributed by atoms with E-state index in [1.807, 2.05) is 11.8 Å². The first-order valence-corrected chi connectivity index (χ1v) is 8.04. The second-order valence-electron chi connectivity index (χ2n) is 6.12. The lowest BCUT2D eigenvalue weighted by atomic mass is 10.1. The van der Waals surface area contributed by atoms with Gasteiger partial charge in [-0.15, -0.1) is 0 Å². The quantitative estimate of drug-likeness (QED) is 0.873. The van der Waals surface area contributed by atoms with Crippen molar-refractivity contribution in [2.75, 3.05) is 31.1 Å². The van der Waals surface area contributed by atoms with Gasteiger partial charge in [-0.2, -0.15) is 0 Å². The molecule has 1 aliphatic rings. The van der Waals surface area contributed by atoms with E-state index >= 15 is 0 Å². The fraction of sp³-hybridized carbons (Fsp3) is 0.444. The molecule has 5 nitrogen and oxygen atoms in total. The lowest BCUT2D eigenvalue weighted by Gasteiger charge is -2.37. The molecule has 2 heterocycles. The molecule has 0 unspecified atom stereocenters. The monoisotopic (exact) mass is 313 g/mol. The Morgan fingerprint density at radius 3 is 2.57 bits per heavy atom. The smallest absolute Gasteiger partial charge is 0.230 e. The topological polar surface area (TPSA) is 49.6 Å². The van der Waals surface area contributed by atoms with E-state index in [0.717, 1.165) is 31.9 Å². The van der Waals surface area contributed by atoms with Crippen LogP contribution in [0.25, 0.3) is 0 Å². The Labute approximate surface area is 136 Å². The number of amides is 1. The molecule has 0 saturated carbocycles. The van der Waals surface area contributed by atoms with Gasteiger partial charge in [0, 0.05) is 31.9 Å². The zero-order valence-corrected chi connectivity index (χ0v) is 14.0. The van der Waals surface area contributed by atoms with Crippen LogP contribution in [0.2, 0.25) is 0 Å². The number of oxazole rings is 1. The summed E-state index contributed by atoms with van der Waals surface area (Å²) in [6.07, 6.45) is 1.70. The summed E-state index contributed by atoms with van der Waals surface area (Å²) in [7, 11) is 0. The van der Waals surface area contributed by atoms with Crippen molar-refractivity contribution in [3.8, 4) is 0 Å². The van der Waals surface area contributed by atoms with Gasteiger partial charge in [0.1, 0.15) is 5.76 Å². The summed E-state index contributed by atoms with van der Waals surface area (Å²) in [6, 6.07) is 6.40. The van der Waals surface area contributed by atoms with E-state index in [1.54, 1.807) is 0 Å². The van der Waals surface area contributed by atoms with E-state index < -0.39 is 0 Å². The SMILES string of the molecule is Cc1cccc(N2CCN(C(=O)Cc3ocnc3C)CC2)c1C. The minimum atomic E-state index is 0.116. The Balaban J connectivity index is 1.61. The molecule has 1 aromatic carbocycles. The van der Waals surface area contributed by atoms with Crippen molar-refractivity contribution < 1.29 is 9.21 Å². The van der Waals surface area contributed by atoms with Gasteiger partial charge in [-0.3, -0.25) is 4.79 Å². The maximum Gasteiger partial charge on any atom is 0.230 e. The average molecular weight is 313 g/mol. The minimum absolute atomic E-state index is 0.116. The summed E-state index contributed by atoms with van der Waals surface area (Å²) in [4.78, 5) is 20.7. The van der Waals surface area contributed by atoms with Crippen molar-refractivity contribution in [2.45, 2.75) is 27.2 Å². The molecule has 1 amide bonds. The zero-order chi connectivity index (χ0) is 16.4. The van der Waals surface area contributed by atoms with Crippen molar-refractivity contribution in [3.05, 3.63) is 47.2 Å². The van der Waals surface area contributed by atoms with Gasteiger partial charge in [0.2, 0.25) is 5.91 Å². The van der Waals surface area contributed by atoms with Crippen LogP contribution in [0.5, 0.6) is 0 Å². The standard InChI is InChI=1S/C18H23N3O2/c1-13-5-4-6-16(14(13)2)20-7-9-21(10-8-20)18(22)11-17-15(3)19-12-23-17/h4-6,12H,7-11H2,1-3H3. The number of carbonyl (C=O) groups is 1. The molecule has 0 atom stereocenters. The number of carbonyl (C=O) groups excluding carboxylic acids is 1. The second-order valence-corrected chi connectivity index (χ2v) is 6.12. The fourth-order valence-corrected chi connectivity index (χ4v) is 3.02. The second kappa shape index (κ2) is 6.44. The summed E-state index contributed by atoms with van der Waals surface area (Å²) >= 11 is 0. The van der Waals surface area contributed by atoms with Gasteiger partial charge in [0.05, 0.1) is 12.1 Å². The van der Waals surface area contributed by atoms with Crippen molar-refractivity contribution >= 4 is 11.6 Å². The summed E-state index contributed by atoms with van der Waals surface area (Å²) < 4.78 is 5.28. The summed E-state index contributed by atoms with van der Waals surface area (Å²) in [6.45, 7) is 9.40. The zero-order valence-electron chi connectivity index (χ0n) is 14.0. The Morgan fingerprint density at radius 2 is 1.91 bits per heavy atom. The lowest BCUT2D eigenvalue weighted by molar-refractivity contribution is -0.131. The molecule has 23 heavy (non-hydrogen) atoms. The van der Waals surface area contributed by atoms with E-state index in [0.29, 0.717) is 12.2 Å². The number of benzene rings is 1. The first-order valence-electron chi connectivity index (χ1n) is 8.04. The molecule has 5 heteroatoms. The molecule has 1 aromatic heterocycles. The van der Waals surface area contributed by atoms with Gasteiger partial charge in [0.15, 0.2) is 6.39 Å². The highest BCUT2D eigenvalue weighted by Gasteiger charge is 2.23. The van der Waals surface area contributed by atoms with Gasteiger partial charge in [-0.05, 0) is 38.0 Å². The first-order chi connectivity index (χ1) is 11.1. The van der Waals surface area contributed by atoms with Crippen molar-refractivity contribution in [1.82, 2.24) is 9.88 Å². The molecule has 0 aliphatic carbocycles. The lowest BCUT2D eigenvalue weighted by Crippen LogP contribution is -2.49. The van der Waals surface area contributed by atoms with Crippen LogP contribution < -0.4 is 4.90 Å². The number of anilines is 1. The highest BCUT2D eigenvalue weighted by molar-refractivity contribution is 5.78. The summed E-state index contributed by atoms with van der Waals surface area (Å²) in [5.74, 6) is 0.789. The van der Waals surface area contributed by atoms with Crippen molar-refractivity contribution in [1.29, 1.82) is 0 Å². The third-order valence-electron chi connectivity index (χ3n) is 4.71. The summed E-state index contributed by atoms with van der Waals surface area (Å²) in [5.41, 5.74) is 4.71. The van der Waals surface area contributed by atoms with E-state index in [2.05, 4.69) is 41.9 Å². The van der Waals surface area contributed by atoms with Crippen LogP contribution in [0.15, 0.2) is 29.0 Å². The molecule has 3 rings (SSSR count). The minimum Gasteiger partial charge on any atom is -0.448 e. The third kappa shape index (κ3) is 3.23. The molecule has 1 saturated heterocycles. The average Bonchev–Trinajstić information content (AvgIpc) is 2.95. The van der Waals surface area contributed by atoms with Crippen LogP contribution in [-0.2, 0) is 11.2 Å². The van der Waals surface area contributed by atoms with Crippen molar-refractivity contribution in [2.24, 2.45) is 0 Å². The third-order valence-corrected chi connectivity index (χ3v) is 4.71. The van der Waals surface area contributed by atoms with Crippen LogP contribution in [-0.4, -0.2) is 42.0 Å². The Kier molecular flexibility index (Phi) is 4.37. The number of piperazine rings is 1. The van der Waals surface area contributed by atoms with Gasteiger partial charge >= 0.3 is 0 Å². The van der Waals surface area contributed by atoms with Crippen molar-refractivity contribution in [3.63, 3.8) is 0 Å². The predicted octanol–water partition coefficient (Wildman–Crippen LogP) is 2.49. The van der Waals surface area contributed by atoms with E-state index in [4.69, 9.17) is 4.42 Å². The number of hydrogen-bond donors (Lipinski definition) is 0. The normalized spacial score (nSPS) is 15.1. The van der Waals surface area contributed by atoms with E-state index in [-0.39, 0.29) is 5.91 Å². The number of rotatable bonds is 3. The molecule has 122 valence electrons. The molecule has 2 aromatic rings. The highest BCUT2D eigenvalue weighted by atomic mass is 16.3. The predicted molar refractivity (Wildman–Crippen MR) is 89.7 cm³/mol. The van der Waals surface area contributed by atoms with Gasteiger partial charge < -0.3 is 14.2 Å². The fourth-order valence-electron chi connectivity index (χ4n) is 3.02. The molecule has 1 aliphatic heterocycles. The number of aryl methyl sites for hydroxylation is 2.